The van der Waals surface area contributed by atoms with Crippen LogP contribution >= 0.6 is 0 Å². The summed E-state index contributed by atoms with van der Waals surface area (Å²) in [6.07, 6.45) is 0.765. The molecule has 1 aromatic rings. The third-order valence-corrected chi connectivity index (χ3v) is 3.02. The van der Waals surface area contributed by atoms with Crippen LogP contribution in [-0.4, -0.2) is 29.2 Å². The Kier molecular flexibility index (Phi) is 4.65. The average molecular weight is 247 g/mol. The summed E-state index contributed by atoms with van der Waals surface area (Å²) in [5.41, 5.74) is 1.82. The first-order valence-electron chi connectivity index (χ1n) is 6.27. The van der Waals surface area contributed by atoms with E-state index >= 15 is 0 Å². The standard InChI is InChI=1S/C15H21NO2/c1-10(2)16(11(3)4)15(18)13-8-6-7-12(5)14(13)9-17/h6-11H,1-5H3. The molecule has 18 heavy (non-hydrogen) atoms. The molecule has 0 unspecified atom stereocenters. The van der Waals surface area contributed by atoms with Crippen LogP contribution in [0.4, 0.5) is 0 Å². The van der Waals surface area contributed by atoms with E-state index in [-0.39, 0.29) is 18.0 Å². The lowest BCUT2D eigenvalue weighted by atomic mass is 10.0. The summed E-state index contributed by atoms with van der Waals surface area (Å²) in [7, 11) is 0. The van der Waals surface area contributed by atoms with Crippen LogP contribution in [0, 0.1) is 6.92 Å². The molecule has 0 atom stereocenters. The minimum absolute atomic E-state index is 0.0780. The average Bonchev–Trinajstić information content (AvgIpc) is 2.27. The normalized spacial score (nSPS) is 10.8. The van der Waals surface area contributed by atoms with Crippen LogP contribution in [0.2, 0.25) is 0 Å². The summed E-state index contributed by atoms with van der Waals surface area (Å²) < 4.78 is 0. The van der Waals surface area contributed by atoms with Crippen molar-refractivity contribution in [2.75, 3.05) is 0 Å². The Hall–Kier alpha value is -1.64. The van der Waals surface area contributed by atoms with Gasteiger partial charge in [0.05, 0.1) is 5.56 Å². The van der Waals surface area contributed by atoms with E-state index in [0.29, 0.717) is 11.1 Å². The second-order valence-electron chi connectivity index (χ2n) is 5.05. The van der Waals surface area contributed by atoms with Crippen LogP contribution in [0.15, 0.2) is 18.2 Å². The fraction of sp³-hybridized carbons (Fsp3) is 0.467. The maximum Gasteiger partial charge on any atom is 0.255 e. The summed E-state index contributed by atoms with van der Waals surface area (Å²) in [5, 5.41) is 0. The van der Waals surface area contributed by atoms with Crippen molar-refractivity contribution in [3.8, 4) is 0 Å². The van der Waals surface area contributed by atoms with Crippen LogP contribution in [0.3, 0.4) is 0 Å². The van der Waals surface area contributed by atoms with Crippen molar-refractivity contribution in [2.45, 2.75) is 46.7 Å². The zero-order valence-corrected chi connectivity index (χ0v) is 11.7. The smallest absolute Gasteiger partial charge is 0.255 e. The number of hydrogen-bond donors (Lipinski definition) is 0. The van der Waals surface area contributed by atoms with Gasteiger partial charge in [-0.3, -0.25) is 9.59 Å². The first kappa shape index (κ1) is 14.4. The number of aldehydes is 1. The lowest BCUT2D eigenvalue weighted by Gasteiger charge is -2.31. The molecule has 1 amide bonds. The number of nitrogens with zero attached hydrogens (tertiary/aromatic N) is 1. The fourth-order valence-electron chi connectivity index (χ4n) is 2.23. The highest BCUT2D eigenvalue weighted by molar-refractivity contribution is 6.02. The molecule has 3 nitrogen and oxygen atoms in total. The van der Waals surface area contributed by atoms with E-state index in [1.807, 2.05) is 46.8 Å². The molecule has 0 aliphatic carbocycles. The fourth-order valence-corrected chi connectivity index (χ4v) is 2.23. The molecular formula is C15H21NO2. The summed E-state index contributed by atoms with van der Waals surface area (Å²) >= 11 is 0. The van der Waals surface area contributed by atoms with Crippen LogP contribution in [0.5, 0.6) is 0 Å². The molecule has 0 spiro atoms. The molecule has 1 rings (SSSR count). The number of rotatable bonds is 4. The van der Waals surface area contributed by atoms with Crippen LogP contribution in [0.25, 0.3) is 0 Å². The van der Waals surface area contributed by atoms with Gasteiger partial charge in [-0.25, -0.2) is 0 Å². The molecule has 0 saturated heterocycles. The quantitative estimate of drug-likeness (QED) is 0.767. The Morgan fingerprint density at radius 1 is 1.17 bits per heavy atom. The third kappa shape index (κ3) is 2.78. The monoisotopic (exact) mass is 247 g/mol. The highest BCUT2D eigenvalue weighted by Gasteiger charge is 2.23. The summed E-state index contributed by atoms with van der Waals surface area (Å²) in [5.74, 6) is -0.0780. The van der Waals surface area contributed by atoms with Crippen LogP contribution in [0.1, 0.15) is 54.0 Å². The maximum atomic E-state index is 12.5. The number of amides is 1. The van der Waals surface area contributed by atoms with Crippen LogP contribution in [-0.2, 0) is 0 Å². The lowest BCUT2D eigenvalue weighted by molar-refractivity contribution is 0.0641. The van der Waals surface area contributed by atoms with Gasteiger partial charge < -0.3 is 4.90 Å². The first-order chi connectivity index (χ1) is 8.40. The van der Waals surface area contributed by atoms with Gasteiger partial charge in [-0.05, 0) is 46.2 Å². The number of carbonyl (C=O) groups excluding carboxylic acids is 2. The Morgan fingerprint density at radius 2 is 1.72 bits per heavy atom. The molecular weight excluding hydrogens is 226 g/mol. The number of hydrogen-bond acceptors (Lipinski definition) is 2. The summed E-state index contributed by atoms with van der Waals surface area (Å²) in [4.78, 5) is 25.5. The highest BCUT2D eigenvalue weighted by atomic mass is 16.2. The van der Waals surface area contributed by atoms with Crippen molar-refractivity contribution < 1.29 is 9.59 Å². The summed E-state index contributed by atoms with van der Waals surface area (Å²) in [6, 6.07) is 5.59. The topological polar surface area (TPSA) is 37.4 Å². The molecule has 0 aromatic heterocycles. The van der Waals surface area contributed by atoms with E-state index in [0.717, 1.165) is 11.8 Å². The van der Waals surface area contributed by atoms with E-state index < -0.39 is 0 Å². The molecule has 0 saturated carbocycles. The van der Waals surface area contributed by atoms with E-state index in [1.54, 1.807) is 11.0 Å². The highest BCUT2D eigenvalue weighted by Crippen LogP contribution is 2.17. The predicted octanol–water partition coefficient (Wildman–Crippen LogP) is 3.07. The third-order valence-electron chi connectivity index (χ3n) is 3.02. The SMILES string of the molecule is Cc1cccc(C(=O)N(C(C)C)C(C)C)c1C=O. The van der Waals surface area contributed by atoms with Crippen molar-refractivity contribution in [1.29, 1.82) is 0 Å². The Balaban J connectivity index is 3.25. The molecule has 0 heterocycles. The van der Waals surface area contributed by atoms with Gasteiger partial charge in [0.1, 0.15) is 0 Å². The summed E-state index contributed by atoms with van der Waals surface area (Å²) in [6.45, 7) is 9.76. The molecule has 1 aromatic carbocycles. The van der Waals surface area contributed by atoms with Crippen molar-refractivity contribution in [3.63, 3.8) is 0 Å². The second kappa shape index (κ2) is 5.80. The van der Waals surface area contributed by atoms with Crippen LogP contribution < -0.4 is 0 Å². The molecule has 0 bridgehead atoms. The van der Waals surface area contributed by atoms with E-state index in [9.17, 15) is 9.59 Å². The molecule has 0 aliphatic rings. The zero-order chi connectivity index (χ0) is 13.9. The van der Waals surface area contributed by atoms with E-state index in [4.69, 9.17) is 0 Å². The maximum absolute atomic E-state index is 12.5. The van der Waals surface area contributed by atoms with Gasteiger partial charge in [0, 0.05) is 17.6 Å². The largest absolute Gasteiger partial charge is 0.334 e. The van der Waals surface area contributed by atoms with Gasteiger partial charge in [0.15, 0.2) is 6.29 Å². The molecule has 0 fully saturated rings. The van der Waals surface area contributed by atoms with Gasteiger partial charge in [0.2, 0.25) is 0 Å². The van der Waals surface area contributed by atoms with Crippen molar-refractivity contribution >= 4 is 12.2 Å². The minimum atomic E-state index is -0.0780. The van der Waals surface area contributed by atoms with Crippen molar-refractivity contribution in [1.82, 2.24) is 4.90 Å². The minimum Gasteiger partial charge on any atom is -0.334 e. The second-order valence-corrected chi connectivity index (χ2v) is 5.05. The number of aryl methyl sites for hydroxylation is 1. The van der Waals surface area contributed by atoms with Gasteiger partial charge >= 0.3 is 0 Å². The van der Waals surface area contributed by atoms with Crippen molar-refractivity contribution in [2.24, 2.45) is 0 Å². The van der Waals surface area contributed by atoms with Gasteiger partial charge in [-0.2, -0.15) is 0 Å². The Morgan fingerprint density at radius 3 is 2.17 bits per heavy atom. The van der Waals surface area contributed by atoms with Gasteiger partial charge in [-0.15, -0.1) is 0 Å². The van der Waals surface area contributed by atoms with Gasteiger partial charge in [0.25, 0.3) is 5.91 Å². The molecule has 0 radical (unpaired) electrons. The zero-order valence-electron chi connectivity index (χ0n) is 11.7. The van der Waals surface area contributed by atoms with E-state index in [1.165, 1.54) is 0 Å². The Labute approximate surface area is 109 Å². The van der Waals surface area contributed by atoms with Gasteiger partial charge in [-0.1, -0.05) is 12.1 Å². The molecule has 3 heteroatoms. The number of carbonyl (C=O) groups is 2. The number of benzene rings is 1. The molecule has 98 valence electrons. The Bertz CT molecular complexity index is 442. The lowest BCUT2D eigenvalue weighted by Crippen LogP contribution is -2.42. The van der Waals surface area contributed by atoms with E-state index in [2.05, 4.69) is 0 Å². The molecule has 0 N–H and O–H groups in total. The first-order valence-corrected chi connectivity index (χ1v) is 6.27. The molecule has 0 aliphatic heterocycles. The predicted molar refractivity (Wildman–Crippen MR) is 73.0 cm³/mol. The van der Waals surface area contributed by atoms with Crippen molar-refractivity contribution in [3.05, 3.63) is 34.9 Å².